The zero-order valence-electron chi connectivity index (χ0n) is 6.32. The molecule has 2 fully saturated rings. The van der Waals surface area contributed by atoms with Gasteiger partial charge in [0, 0.05) is 0 Å². The molecule has 62 valence electrons. The van der Waals surface area contributed by atoms with E-state index in [0.717, 1.165) is 6.42 Å². The van der Waals surface area contributed by atoms with E-state index in [-0.39, 0.29) is 6.10 Å². The summed E-state index contributed by atoms with van der Waals surface area (Å²) in [5, 5.41) is 9.80. The highest BCUT2D eigenvalue weighted by molar-refractivity contribution is 5.03. The molecule has 0 aliphatic carbocycles. The zero-order valence-corrected chi connectivity index (χ0v) is 6.32. The summed E-state index contributed by atoms with van der Waals surface area (Å²) in [6.45, 7) is 4.17. The molecule has 11 heavy (non-hydrogen) atoms. The second-order valence-electron chi connectivity index (χ2n) is 3.16. The highest BCUT2D eigenvalue weighted by Crippen LogP contribution is 2.35. The highest BCUT2D eigenvalue weighted by atomic mass is 16.7. The third-order valence-corrected chi connectivity index (χ3v) is 2.38. The van der Waals surface area contributed by atoms with Gasteiger partial charge in [0.05, 0.1) is 12.7 Å². The Kier molecular flexibility index (Phi) is 1.52. The van der Waals surface area contributed by atoms with Crippen molar-refractivity contribution >= 4 is 0 Å². The van der Waals surface area contributed by atoms with Crippen molar-refractivity contribution < 1.29 is 14.6 Å². The quantitative estimate of drug-likeness (QED) is 0.560. The monoisotopic (exact) mass is 156 g/mol. The molecule has 2 rings (SSSR count). The van der Waals surface area contributed by atoms with Crippen molar-refractivity contribution in [2.75, 3.05) is 6.61 Å². The molecular formula is C8H12O3. The van der Waals surface area contributed by atoms with Crippen molar-refractivity contribution in [1.29, 1.82) is 0 Å². The predicted molar refractivity (Wildman–Crippen MR) is 39.0 cm³/mol. The first-order valence-electron chi connectivity index (χ1n) is 3.88. The van der Waals surface area contributed by atoms with E-state index in [1.54, 1.807) is 0 Å². The van der Waals surface area contributed by atoms with Gasteiger partial charge >= 0.3 is 0 Å². The minimum Gasteiger partial charge on any atom is -0.380 e. The van der Waals surface area contributed by atoms with Crippen LogP contribution in [-0.4, -0.2) is 29.7 Å². The molecule has 0 aromatic heterocycles. The first-order chi connectivity index (χ1) is 5.24. The van der Waals surface area contributed by atoms with Crippen molar-refractivity contribution in [2.45, 2.75) is 30.8 Å². The van der Waals surface area contributed by atoms with Crippen molar-refractivity contribution in [3.63, 3.8) is 0 Å². The Morgan fingerprint density at radius 1 is 1.64 bits per heavy atom. The summed E-state index contributed by atoms with van der Waals surface area (Å²) < 4.78 is 10.6. The Balaban J connectivity index is 2.18. The fraction of sp³-hybridized carbons (Fsp3) is 0.750. The molecule has 0 saturated carbocycles. The predicted octanol–water partition coefficient (Wildman–Crippen LogP) is 0.439. The summed E-state index contributed by atoms with van der Waals surface area (Å²) >= 11 is 0. The number of hydrogen-bond acceptors (Lipinski definition) is 3. The first-order valence-corrected chi connectivity index (χ1v) is 3.88. The van der Waals surface area contributed by atoms with Gasteiger partial charge < -0.3 is 14.6 Å². The third kappa shape index (κ3) is 1.00. The smallest absolute Gasteiger partial charge is 0.190 e. The average Bonchev–Trinajstić information content (AvgIpc) is 2.44. The van der Waals surface area contributed by atoms with E-state index in [1.807, 2.05) is 0 Å². The van der Waals surface area contributed by atoms with Gasteiger partial charge in [0.1, 0.15) is 5.60 Å². The molecule has 2 aliphatic rings. The van der Waals surface area contributed by atoms with Crippen LogP contribution >= 0.6 is 0 Å². The van der Waals surface area contributed by atoms with Gasteiger partial charge in [-0.25, -0.2) is 0 Å². The lowest BCUT2D eigenvalue weighted by Crippen LogP contribution is -2.44. The maximum absolute atomic E-state index is 9.80. The first kappa shape index (κ1) is 7.28. The summed E-state index contributed by atoms with van der Waals surface area (Å²) in [7, 11) is 0. The molecule has 2 bridgehead atoms. The zero-order chi connectivity index (χ0) is 7.90. The topological polar surface area (TPSA) is 38.7 Å². The molecule has 0 unspecified atom stereocenters. The van der Waals surface area contributed by atoms with Gasteiger partial charge in [0.2, 0.25) is 0 Å². The summed E-state index contributed by atoms with van der Waals surface area (Å²) in [6.07, 6.45) is 2.79. The highest BCUT2D eigenvalue weighted by Gasteiger charge is 2.46. The van der Waals surface area contributed by atoms with E-state index >= 15 is 0 Å². The normalized spacial score (nSPS) is 49.2. The molecule has 0 radical (unpaired) electrons. The van der Waals surface area contributed by atoms with E-state index in [9.17, 15) is 5.11 Å². The summed E-state index contributed by atoms with van der Waals surface area (Å²) in [5.41, 5.74) is -0.951. The molecular weight excluding hydrogens is 144 g/mol. The summed E-state index contributed by atoms with van der Waals surface area (Å²) in [6, 6.07) is 0. The largest absolute Gasteiger partial charge is 0.380 e. The van der Waals surface area contributed by atoms with Gasteiger partial charge in [-0.2, -0.15) is 0 Å². The summed E-state index contributed by atoms with van der Waals surface area (Å²) in [4.78, 5) is 0. The van der Waals surface area contributed by atoms with Gasteiger partial charge in [0.15, 0.2) is 6.29 Å². The van der Waals surface area contributed by atoms with E-state index in [2.05, 4.69) is 6.58 Å². The minimum atomic E-state index is -0.951. The molecule has 3 nitrogen and oxygen atoms in total. The van der Waals surface area contributed by atoms with Crippen LogP contribution in [0, 0.1) is 0 Å². The van der Waals surface area contributed by atoms with Gasteiger partial charge in [-0.15, -0.1) is 6.58 Å². The van der Waals surface area contributed by atoms with E-state index in [4.69, 9.17) is 9.47 Å². The SMILES string of the molecule is C=C[C@]1(O)CC[C@H]2CO[C@@H]1O2. The second-order valence-corrected chi connectivity index (χ2v) is 3.16. The lowest BCUT2D eigenvalue weighted by atomic mass is 9.94. The fourth-order valence-electron chi connectivity index (χ4n) is 1.57. The Bertz CT molecular complexity index is 180. The molecule has 3 heteroatoms. The maximum Gasteiger partial charge on any atom is 0.190 e. The number of ether oxygens (including phenoxy) is 2. The maximum atomic E-state index is 9.80. The van der Waals surface area contributed by atoms with Crippen LogP contribution in [0.15, 0.2) is 12.7 Å². The number of rotatable bonds is 1. The lowest BCUT2D eigenvalue weighted by molar-refractivity contribution is -0.189. The third-order valence-electron chi connectivity index (χ3n) is 2.38. The standard InChI is InChI=1S/C8H12O3/c1-2-8(9)4-3-6-5-10-7(8)11-6/h2,6-7,9H,1,3-5H2/t6-,7+,8-/m0/s1. The van der Waals surface area contributed by atoms with Crippen LogP contribution in [0.25, 0.3) is 0 Å². The molecule has 0 amide bonds. The van der Waals surface area contributed by atoms with Crippen molar-refractivity contribution in [3.8, 4) is 0 Å². The molecule has 2 saturated heterocycles. The Labute approximate surface area is 65.6 Å². The Morgan fingerprint density at radius 2 is 2.45 bits per heavy atom. The van der Waals surface area contributed by atoms with Crippen LogP contribution in [-0.2, 0) is 9.47 Å². The molecule has 2 heterocycles. The van der Waals surface area contributed by atoms with Crippen molar-refractivity contribution in [3.05, 3.63) is 12.7 Å². The fourth-order valence-corrected chi connectivity index (χ4v) is 1.57. The summed E-state index contributed by atoms with van der Waals surface area (Å²) in [5.74, 6) is 0. The van der Waals surface area contributed by atoms with Gasteiger partial charge in [-0.3, -0.25) is 0 Å². The Hall–Kier alpha value is -0.380. The molecule has 1 N–H and O–H groups in total. The van der Waals surface area contributed by atoms with Crippen LogP contribution < -0.4 is 0 Å². The van der Waals surface area contributed by atoms with E-state index < -0.39 is 11.9 Å². The van der Waals surface area contributed by atoms with Gasteiger partial charge in [0.25, 0.3) is 0 Å². The number of aliphatic hydroxyl groups is 1. The Morgan fingerprint density at radius 3 is 3.18 bits per heavy atom. The van der Waals surface area contributed by atoms with Crippen LogP contribution in [0.2, 0.25) is 0 Å². The van der Waals surface area contributed by atoms with E-state index in [1.165, 1.54) is 6.08 Å². The van der Waals surface area contributed by atoms with E-state index in [0.29, 0.717) is 13.0 Å². The van der Waals surface area contributed by atoms with Crippen molar-refractivity contribution in [2.24, 2.45) is 0 Å². The molecule has 0 aromatic carbocycles. The average molecular weight is 156 g/mol. The van der Waals surface area contributed by atoms with Crippen LogP contribution in [0.1, 0.15) is 12.8 Å². The molecule has 0 aromatic rings. The van der Waals surface area contributed by atoms with Crippen LogP contribution in [0.3, 0.4) is 0 Å². The minimum absolute atomic E-state index is 0.195. The van der Waals surface area contributed by atoms with Gasteiger partial charge in [-0.1, -0.05) is 6.08 Å². The van der Waals surface area contributed by atoms with Crippen molar-refractivity contribution in [1.82, 2.24) is 0 Å². The second kappa shape index (κ2) is 2.30. The number of hydrogen-bond donors (Lipinski definition) is 1. The molecule has 0 spiro atoms. The molecule has 2 aliphatic heterocycles. The molecule has 3 atom stereocenters. The van der Waals surface area contributed by atoms with Crippen LogP contribution in [0.5, 0.6) is 0 Å². The lowest BCUT2D eigenvalue weighted by Gasteiger charge is -2.33. The van der Waals surface area contributed by atoms with Crippen LogP contribution in [0.4, 0.5) is 0 Å². The van der Waals surface area contributed by atoms with Gasteiger partial charge in [-0.05, 0) is 12.8 Å². The number of fused-ring (bicyclic) bond motifs is 2.